The Morgan fingerprint density at radius 3 is 2.16 bits per heavy atom. The smallest absolute Gasteiger partial charge is 0.416 e. The summed E-state index contributed by atoms with van der Waals surface area (Å²) in [5, 5.41) is 2.64. The van der Waals surface area contributed by atoms with Crippen molar-refractivity contribution >= 4 is 23.2 Å². The van der Waals surface area contributed by atoms with Gasteiger partial charge in [0.1, 0.15) is 23.2 Å². The number of nitrogens with one attached hydrogen (secondary N) is 1. The molecule has 1 aliphatic heterocycles. The summed E-state index contributed by atoms with van der Waals surface area (Å²) >= 11 is 0. The number of carbonyl (C=O) groups is 2. The summed E-state index contributed by atoms with van der Waals surface area (Å²) in [4.78, 5) is 27.6. The monoisotopic (exact) mass is 512 g/mol. The van der Waals surface area contributed by atoms with E-state index < -0.39 is 40.7 Å². The van der Waals surface area contributed by atoms with Gasteiger partial charge in [-0.15, -0.1) is 0 Å². The van der Waals surface area contributed by atoms with E-state index in [0.717, 1.165) is 41.3 Å². The first-order valence-electron chi connectivity index (χ1n) is 11.0. The van der Waals surface area contributed by atoms with Gasteiger partial charge in [0, 0.05) is 16.9 Å². The fourth-order valence-corrected chi connectivity index (χ4v) is 4.28. The molecule has 0 saturated carbocycles. The number of amides is 2. The Bertz CT molecular complexity index is 1480. The van der Waals surface area contributed by atoms with E-state index in [1.165, 1.54) is 48.5 Å². The van der Waals surface area contributed by atoms with Crippen molar-refractivity contribution in [1.29, 1.82) is 0 Å². The summed E-state index contributed by atoms with van der Waals surface area (Å²) < 4.78 is 72.4. The molecule has 37 heavy (non-hydrogen) atoms. The lowest BCUT2D eigenvalue weighted by atomic mass is 9.79. The van der Waals surface area contributed by atoms with Gasteiger partial charge in [-0.1, -0.05) is 12.1 Å². The molecule has 0 radical (unpaired) electrons. The molecule has 1 aromatic heterocycles. The zero-order valence-corrected chi connectivity index (χ0v) is 18.9. The molecule has 1 fully saturated rings. The molecule has 1 saturated heterocycles. The topological polar surface area (TPSA) is 62.6 Å². The van der Waals surface area contributed by atoms with E-state index in [0.29, 0.717) is 0 Å². The molecular weight excluding hydrogens is 495 g/mol. The number of hydrogen-bond donors (Lipinski definition) is 1. The van der Waals surface area contributed by atoms with Gasteiger partial charge in [-0.3, -0.25) is 14.5 Å². The predicted molar refractivity (Wildman–Crippen MR) is 124 cm³/mol. The van der Waals surface area contributed by atoms with Gasteiger partial charge in [0.15, 0.2) is 5.54 Å². The maximum atomic E-state index is 13.6. The number of benzene rings is 3. The van der Waals surface area contributed by atoms with E-state index in [1.807, 2.05) is 0 Å². The van der Waals surface area contributed by atoms with Crippen LogP contribution in [-0.2, 0) is 21.3 Å². The fraction of sp³-hybridized carbons (Fsp3) is 0.111. The Labute approximate surface area is 207 Å². The summed E-state index contributed by atoms with van der Waals surface area (Å²) in [7, 11) is 0. The first kappa shape index (κ1) is 24.2. The lowest BCUT2D eigenvalue weighted by Gasteiger charge is -2.48. The number of hydrogen-bond acceptors (Lipinski definition) is 3. The van der Waals surface area contributed by atoms with Crippen LogP contribution in [0.25, 0.3) is 11.3 Å². The second-order valence-electron chi connectivity index (χ2n) is 8.45. The van der Waals surface area contributed by atoms with Crippen LogP contribution < -0.4 is 10.2 Å². The van der Waals surface area contributed by atoms with Crippen LogP contribution in [0, 0.1) is 11.6 Å². The summed E-state index contributed by atoms with van der Waals surface area (Å²) in [5.74, 6) is -2.19. The Hall–Kier alpha value is -4.47. The number of halogens is 5. The van der Waals surface area contributed by atoms with Gasteiger partial charge >= 0.3 is 6.18 Å². The average molecular weight is 512 g/mol. The lowest BCUT2D eigenvalue weighted by Crippen LogP contribution is -2.67. The van der Waals surface area contributed by atoms with Crippen LogP contribution in [0.4, 0.5) is 33.3 Å². The minimum absolute atomic E-state index is 0.0107. The standard InChI is InChI=1S/C27H17F5N2O3/c28-18-4-8-20(9-5-18)33-25(36)26(15-24(35)34(26)21-10-6-19(29)7-11-21)23-13-12-22(37-23)16-2-1-3-17(14-16)27(30,31)32/h1-14H,15H2,(H,33,36). The second-order valence-corrected chi connectivity index (χ2v) is 8.45. The second kappa shape index (κ2) is 8.88. The molecule has 2 heterocycles. The third-order valence-corrected chi connectivity index (χ3v) is 6.09. The van der Waals surface area contributed by atoms with Gasteiger partial charge in [0.05, 0.1) is 12.0 Å². The van der Waals surface area contributed by atoms with Crippen molar-refractivity contribution in [2.24, 2.45) is 0 Å². The third kappa shape index (κ3) is 4.35. The molecule has 10 heteroatoms. The highest BCUT2D eigenvalue weighted by Crippen LogP contribution is 2.47. The van der Waals surface area contributed by atoms with Crippen LogP contribution in [0.15, 0.2) is 89.3 Å². The Morgan fingerprint density at radius 1 is 0.892 bits per heavy atom. The average Bonchev–Trinajstić information content (AvgIpc) is 3.35. The predicted octanol–water partition coefficient (Wildman–Crippen LogP) is 6.51. The molecule has 0 bridgehead atoms. The molecule has 1 unspecified atom stereocenters. The summed E-state index contributed by atoms with van der Waals surface area (Å²) in [6.07, 6.45) is -4.89. The SMILES string of the molecule is O=C1CC(C(=O)Nc2ccc(F)cc2)(c2ccc(-c3cccc(C(F)(F)F)c3)o2)N1c1ccc(F)cc1. The highest BCUT2D eigenvalue weighted by atomic mass is 19.4. The van der Waals surface area contributed by atoms with E-state index in [4.69, 9.17) is 4.42 Å². The van der Waals surface area contributed by atoms with Crippen LogP contribution in [0.5, 0.6) is 0 Å². The van der Waals surface area contributed by atoms with Crippen LogP contribution in [0.1, 0.15) is 17.7 Å². The third-order valence-electron chi connectivity index (χ3n) is 6.09. The summed E-state index contributed by atoms with van der Waals surface area (Å²) in [6, 6.07) is 17.2. The van der Waals surface area contributed by atoms with E-state index in [-0.39, 0.29) is 34.9 Å². The number of furan rings is 1. The summed E-state index contributed by atoms with van der Waals surface area (Å²) in [6.45, 7) is 0. The van der Waals surface area contributed by atoms with Gasteiger partial charge in [-0.05, 0) is 72.8 Å². The molecule has 188 valence electrons. The molecule has 3 aromatic carbocycles. The first-order valence-corrected chi connectivity index (χ1v) is 11.0. The van der Waals surface area contributed by atoms with Crippen molar-refractivity contribution in [3.63, 3.8) is 0 Å². The van der Waals surface area contributed by atoms with Gasteiger partial charge < -0.3 is 9.73 Å². The van der Waals surface area contributed by atoms with E-state index in [9.17, 15) is 31.5 Å². The molecule has 1 aliphatic rings. The zero-order chi connectivity index (χ0) is 26.4. The van der Waals surface area contributed by atoms with E-state index in [2.05, 4.69) is 5.32 Å². The molecule has 1 N–H and O–H groups in total. The molecule has 2 amide bonds. The molecule has 1 atom stereocenters. The Kier molecular flexibility index (Phi) is 5.82. The molecule has 5 rings (SSSR count). The van der Waals surface area contributed by atoms with Crippen molar-refractivity contribution in [2.45, 2.75) is 18.1 Å². The first-order chi connectivity index (χ1) is 17.6. The molecule has 5 nitrogen and oxygen atoms in total. The van der Waals surface area contributed by atoms with Gasteiger partial charge in [-0.2, -0.15) is 13.2 Å². The lowest BCUT2D eigenvalue weighted by molar-refractivity contribution is -0.138. The number of carbonyl (C=O) groups excluding carboxylic acids is 2. The van der Waals surface area contributed by atoms with Crippen LogP contribution in [0.3, 0.4) is 0 Å². The van der Waals surface area contributed by atoms with Crippen molar-refractivity contribution in [2.75, 3.05) is 10.2 Å². The number of anilines is 2. The van der Waals surface area contributed by atoms with Gasteiger partial charge in [0.25, 0.3) is 5.91 Å². The molecule has 4 aromatic rings. The number of rotatable bonds is 5. The summed E-state index contributed by atoms with van der Waals surface area (Å²) in [5.41, 5.74) is -2.03. The van der Waals surface area contributed by atoms with E-state index in [1.54, 1.807) is 0 Å². The van der Waals surface area contributed by atoms with Crippen LogP contribution >= 0.6 is 0 Å². The van der Waals surface area contributed by atoms with Gasteiger partial charge in [-0.25, -0.2) is 8.78 Å². The number of nitrogens with zero attached hydrogens (tertiary/aromatic N) is 1. The van der Waals surface area contributed by atoms with Crippen LogP contribution in [0.2, 0.25) is 0 Å². The maximum Gasteiger partial charge on any atom is 0.416 e. The van der Waals surface area contributed by atoms with Crippen molar-refractivity contribution in [3.05, 3.63) is 108 Å². The molecule has 0 spiro atoms. The van der Waals surface area contributed by atoms with Crippen molar-refractivity contribution in [1.82, 2.24) is 0 Å². The molecule has 0 aliphatic carbocycles. The number of β-lactam (4-membered cyclic amide) rings is 1. The van der Waals surface area contributed by atoms with Crippen molar-refractivity contribution in [3.8, 4) is 11.3 Å². The van der Waals surface area contributed by atoms with Gasteiger partial charge in [0.2, 0.25) is 5.91 Å². The Morgan fingerprint density at radius 2 is 1.54 bits per heavy atom. The minimum atomic E-state index is -4.57. The number of alkyl halides is 3. The minimum Gasteiger partial charge on any atom is -0.458 e. The highest BCUT2D eigenvalue weighted by molar-refractivity contribution is 6.16. The quantitative estimate of drug-likeness (QED) is 0.245. The Balaban J connectivity index is 1.58. The highest BCUT2D eigenvalue weighted by Gasteiger charge is 2.60. The zero-order valence-electron chi connectivity index (χ0n) is 18.9. The van der Waals surface area contributed by atoms with E-state index >= 15 is 0 Å². The normalized spacial score (nSPS) is 17.4. The maximum absolute atomic E-state index is 13.6. The fourth-order valence-electron chi connectivity index (χ4n) is 4.28. The molecular formula is C27H17F5N2O3. The van der Waals surface area contributed by atoms with Crippen LogP contribution in [-0.4, -0.2) is 11.8 Å². The largest absolute Gasteiger partial charge is 0.458 e. The van der Waals surface area contributed by atoms with Crippen molar-refractivity contribution < 1.29 is 36.0 Å².